The highest BCUT2D eigenvalue weighted by Gasteiger charge is 2.41. The van der Waals surface area contributed by atoms with E-state index in [1.54, 1.807) is 18.2 Å². The van der Waals surface area contributed by atoms with Gasteiger partial charge in [0.05, 0.1) is 6.61 Å². The Kier molecular flexibility index (Phi) is 4.30. The predicted octanol–water partition coefficient (Wildman–Crippen LogP) is 2.90. The molecule has 0 atom stereocenters. The van der Waals surface area contributed by atoms with E-state index in [-0.39, 0.29) is 18.1 Å². The van der Waals surface area contributed by atoms with Crippen molar-refractivity contribution < 1.29 is 27.1 Å². The summed E-state index contributed by atoms with van der Waals surface area (Å²) in [4.78, 5) is 26.9. The van der Waals surface area contributed by atoms with E-state index in [0.29, 0.717) is 0 Å². The van der Waals surface area contributed by atoms with Gasteiger partial charge in [-0.1, -0.05) is 18.2 Å². The number of hydrogen-bond acceptors (Lipinski definition) is 5. The van der Waals surface area contributed by atoms with Crippen LogP contribution in [0.1, 0.15) is 23.0 Å². The van der Waals surface area contributed by atoms with Gasteiger partial charge in [-0.25, -0.2) is 14.6 Å². The molecule has 1 heterocycles. The molecule has 0 N–H and O–H groups in total. The van der Waals surface area contributed by atoms with Crippen LogP contribution in [0.25, 0.3) is 11.5 Å². The Labute approximate surface area is 122 Å². The fraction of sp³-hybridized carbons (Fsp3) is 0.214. The number of nitrogens with zero attached hydrogens (tertiary/aromatic N) is 1. The summed E-state index contributed by atoms with van der Waals surface area (Å²) in [5, 5.41) is 0. The predicted molar refractivity (Wildman–Crippen MR) is 69.2 cm³/mol. The smallest absolute Gasteiger partial charge is 0.425 e. The van der Waals surface area contributed by atoms with Crippen LogP contribution >= 0.6 is 0 Å². The number of aromatic nitrogens is 1. The second kappa shape index (κ2) is 6.00. The molecule has 1 aromatic carbocycles. The molecular weight excluding hydrogens is 303 g/mol. The van der Waals surface area contributed by atoms with E-state index >= 15 is 0 Å². The Morgan fingerprint density at radius 3 is 2.45 bits per heavy atom. The lowest BCUT2D eigenvalue weighted by molar-refractivity contribution is -0.140. The van der Waals surface area contributed by atoms with Crippen molar-refractivity contribution in [2.45, 2.75) is 13.1 Å². The second-order valence-electron chi connectivity index (χ2n) is 4.11. The van der Waals surface area contributed by atoms with Gasteiger partial charge in [-0.15, -0.1) is 0 Å². The Morgan fingerprint density at radius 1 is 1.27 bits per heavy atom. The first-order valence-corrected chi connectivity index (χ1v) is 6.19. The van der Waals surface area contributed by atoms with Crippen molar-refractivity contribution in [3.8, 4) is 11.5 Å². The maximum atomic E-state index is 12.9. The average Bonchev–Trinajstić information content (AvgIpc) is 2.46. The van der Waals surface area contributed by atoms with Gasteiger partial charge < -0.3 is 9.15 Å². The molecule has 0 aliphatic carbocycles. The van der Waals surface area contributed by atoms with Crippen molar-refractivity contribution >= 4 is 5.97 Å². The van der Waals surface area contributed by atoms with Crippen LogP contribution in [-0.4, -0.2) is 17.6 Å². The quantitative estimate of drug-likeness (QED) is 0.815. The second-order valence-corrected chi connectivity index (χ2v) is 4.11. The highest BCUT2D eigenvalue weighted by Crippen LogP contribution is 2.30. The summed E-state index contributed by atoms with van der Waals surface area (Å²) in [7, 11) is 0. The van der Waals surface area contributed by atoms with Crippen molar-refractivity contribution in [1.29, 1.82) is 0 Å². The Balaban J connectivity index is 2.68. The first kappa shape index (κ1) is 15.7. The molecular formula is C14H10F3NO4. The van der Waals surface area contributed by atoms with Crippen LogP contribution in [0.15, 0.2) is 39.5 Å². The molecule has 0 unspecified atom stereocenters. The first-order chi connectivity index (χ1) is 10.3. The molecule has 0 fully saturated rings. The topological polar surface area (TPSA) is 69.4 Å². The van der Waals surface area contributed by atoms with Crippen LogP contribution in [0.3, 0.4) is 0 Å². The van der Waals surface area contributed by atoms with Gasteiger partial charge in [0.1, 0.15) is 0 Å². The minimum absolute atomic E-state index is 0.154. The molecule has 1 aromatic heterocycles. The van der Waals surface area contributed by atoms with E-state index in [2.05, 4.69) is 14.1 Å². The molecule has 2 rings (SSSR count). The summed E-state index contributed by atoms with van der Waals surface area (Å²) in [6.07, 6.45) is -5.08. The number of ether oxygens (including phenoxy) is 1. The lowest BCUT2D eigenvalue weighted by Gasteiger charge is -2.10. The highest BCUT2D eigenvalue weighted by molar-refractivity contribution is 5.89. The maximum absolute atomic E-state index is 12.9. The molecule has 0 saturated heterocycles. The van der Waals surface area contributed by atoms with Crippen LogP contribution in [-0.2, 0) is 10.9 Å². The third-order valence-electron chi connectivity index (χ3n) is 2.62. The summed E-state index contributed by atoms with van der Waals surface area (Å²) in [6, 6.07) is 7.79. The molecule has 0 spiro atoms. The van der Waals surface area contributed by atoms with Gasteiger partial charge in [0.25, 0.3) is 0 Å². The van der Waals surface area contributed by atoms with Crippen molar-refractivity contribution in [3.05, 3.63) is 52.0 Å². The van der Waals surface area contributed by atoms with Crippen molar-refractivity contribution in [3.63, 3.8) is 0 Å². The number of hydrogen-bond donors (Lipinski definition) is 0. The summed E-state index contributed by atoms with van der Waals surface area (Å²) < 4.78 is 47.9. The van der Waals surface area contributed by atoms with Crippen molar-refractivity contribution in [2.24, 2.45) is 0 Å². The zero-order valence-electron chi connectivity index (χ0n) is 11.3. The van der Waals surface area contributed by atoms with Gasteiger partial charge in [-0.3, -0.25) is 0 Å². The van der Waals surface area contributed by atoms with Gasteiger partial charge in [0.2, 0.25) is 5.89 Å². The third kappa shape index (κ3) is 3.16. The molecule has 116 valence electrons. The van der Waals surface area contributed by atoms with Crippen LogP contribution in [0, 0.1) is 0 Å². The highest BCUT2D eigenvalue weighted by atomic mass is 19.4. The van der Waals surface area contributed by atoms with Crippen LogP contribution in [0.2, 0.25) is 0 Å². The zero-order chi connectivity index (χ0) is 16.3. The zero-order valence-corrected chi connectivity index (χ0v) is 11.3. The van der Waals surface area contributed by atoms with E-state index in [0.717, 1.165) is 0 Å². The molecule has 0 radical (unpaired) electrons. The molecule has 0 bridgehead atoms. The van der Waals surface area contributed by atoms with E-state index < -0.39 is 29.0 Å². The average molecular weight is 313 g/mol. The molecule has 0 amide bonds. The molecule has 2 aromatic rings. The van der Waals surface area contributed by atoms with Crippen LogP contribution in [0.5, 0.6) is 0 Å². The maximum Gasteiger partial charge on any atom is 0.425 e. The molecule has 8 heteroatoms. The van der Waals surface area contributed by atoms with Gasteiger partial charge in [0, 0.05) is 5.56 Å². The Hall–Kier alpha value is -2.64. The number of esters is 1. The number of alkyl halides is 3. The van der Waals surface area contributed by atoms with Gasteiger partial charge in [-0.2, -0.15) is 13.2 Å². The van der Waals surface area contributed by atoms with Gasteiger partial charge >= 0.3 is 17.8 Å². The SMILES string of the molecule is CCOC(=O)c1nc(-c2ccccc2)oc(=O)c1C(F)(F)F. The number of carbonyl (C=O) groups is 1. The fourth-order valence-electron chi connectivity index (χ4n) is 1.72. The van der Waals surface area contributed by atoms with Gasteiger partial charge in [0.15, 0.2) is 11.3 Å². The number of halogens is 3. The molecule has 5 nitrogen and oxygen atoms in total. The number of rotatable bonds is 3. The monoisotopic (exact) mass is 313 g/mol. The molecule has 0 saturated carbocycles. The van der Waals surface area contributed by atoms with E-state index in [1.165, 1.54) is 19.1 Å². The molecule has 22 heavy (non-hydrogen) atoms. The lowest BCUT2D eigenvalue weighted by Crippen LogP contribution is -2.26. The Bertz CT molecular complexity index is 738. The number of carbonyl (C=O) groups excluding carboxylic acids is 1. The summed E-state index contributed by atoms with van der Waals surface area (Å²) in [5.41, 5.74) is -4.31. The van der Waals surface area contributed by atoms with Crippen LogP contribution in [0.4, 0.5) is 13.2 Å². The van der Waals surface area contributed by atoms with Crippen molar-refractivity contribution in [1.82, 2.24) is 4.98 Å². The summed E-state index contributed by atoms with van der Waals surface area (Å²) in [5.74, 6) is -1.72. The third-order valence-corrected chi connectivity index (χ3v) is 2.62. The van der Waals surface area contributed by atoms with Gasteiger partial charge in [-0.05, 0) is 19.1 Å². The van der Waals surface area contributed by atoms with E-state index in [1.807, 2.05) is 0 Å². The molecule has 0 aliphatic heterocycles. The van der Waals surface area contributed by atoms with E-state index in [9.17, 15) is 22.8 Å². The van der Waals surface area contributed by atoms with Crippen LogP contribution < -0.4 is 5.63 Å². The van der Waals surface area contributed by atoms with Crippen molar-refractivity contribution in [2.75, 3.05) is 6.61 Å². The largest absolute Gasteiger partial charge is 0.461 e. The summed E-state index contributed by atoms with van der Waals surface area (Å²) in [6.45, 7) is 1.27. The minimum Gasteiger partial charge on any atom is -0.461 e. The number of benzene rings is 1. The normalized spacial score (nSPS) is 11.3. The Morgan fingerprint density at radius 2 is 1.91 bits per heavy atom. The minimum atomic E-state index is -5.08. The lowest BCUT2D eigenvalue weighted by atomic mass is 10.2. The standard InChI is InChI=1S/C14H10F3NO4/c1-2-21-13(20)10-9(14(15,16)17)12(19)22-11(18-10)8-6-4-3-5-7-8/h3-7H,2H2,1H3. The first-order valence-electron chi connectivity index (χ1n) is 6.19. The fourth-order valence-corrected chi connectivity index (χ4v) is 1.72. The summed E-state index contributed by atoms with van der Waals surface area (Å²) >= 11 is 0. The van der Waals surface area contributed by atoms with E-state index in [4.69, 9.17) is 0 Å². The molecule has 0 aliphatic rings.